The molecule has 0 aliphatic carbocycles. The van der Waals surface area contributed by atoms with E-state index in [2.05, 4.69) is 31.9 Å². The Bertz CT molecular complexity index is 1510. The number of allylic oxidation sites excluding steroid dienone is 1. The van der Waals surface area contributed by atoms with Crippen LogP contribution in [0.5, 0.6) is 0 Å². The number of urea groups is 2. The number of carbonyl (C=O) groups excluding carboxylic acids is 4. The van der Waals surface area contributed by atoms with Crippen molar-refractivity contribution in [3.8, 4) is 12.1 Å². The van der Waals surface area contributed by atoms with Gasteiger partial charge in [-0.1, -0.05) is 61.0 Å². The molecule has 0 spiro atoms. The number of amides is 6. The van der Waals surface area contributed by atoms with E-state index in [9.17, 15) is 29.7 Å². The average molecular weight is 654 g/mol. The van der Waals surface area contributed by atoms with Crippen LogP contribution < -0.4 is 31.9 Å². The minimum Gasteiger partial charge on any atom is -0.390 e. The Balaban J connectivity index is 1.59. The summed E-state index contributed by atoms with van der Waals surface area (Å²) in [6.07, 6.45) is 6.73. The highest BCUT2D eigenvalue weighted by atomic mass is 35.5. The Hall–Kier alpha value is -5.04. The van der Waals surface area contributed by atoms with E-state index in [0.29, 0.717) is 40.2 Å². The summed E-state index contributed by atoms with van der Waals surface area (Å²) in [5.41, 5.74) is 0.770. The lowest BCUT2D eigenvalue weighted by Crippen LogP contribution is -2.36. The molecule has 2 rings (SSSR count). The molecule has 0 radical (unpaired) electrons. The first-order valence-corrected chi connectivity index (χ1v) is 14.8. The number of nitrogens with zero attached hydrogens (tertiary/aromatic N) is 2. The molecule has 0 saturated carbocycles. The number of imide groups is 2. The highest BCUT2D eigenvalue weighted by Crippen LogP contribution is 2.15. The monoisotopic (exact) mass is 652 g/mol. The third-order valence-corrected chi connectivity index (χ3v) is 6.55. The molecule has 0 saturated heterocycles. The van der Waals surface area contributed by atoms with Crippen molar-refractivity contribution in [3.05, 3.63) is 81.6 Å². The number of nitrogens with one attached hydrogen (secondary N) is 6. The van der Waals surface area contributed by atoms with Gasteiger partial charge in [0.15, 0.2) is 0 Å². The van der Waals surface area contributed by atoms with Crippen molar-refractivity contribution < 1.29 is 19.2 Å². The number of hydrogen-bond donors (Lipinski definition) is 6. The summed E-state index contributed by atoms with van der Waals surface area (Å²) < 4.78 is 0. The topological polar surface area (TPSA) is 188 Å². The first-order chi connectivity index (χ1) is 21.6. The van der Waals surface area contributed by atoms with Crippen molar-refractivity contribution in [3.63, 3.8) is 0 Å². The van der Waals surface area contributed by atoms with Gasteiger partial charge in [0, 0.05) is 46.4 Å². The minimum atomic E-state index is -0.829. The van der Waals surface area contributed by atoms with E-state index in [1.54, 1.807) is 49.4 Å². The Kier molecular flexibility index (Phi) is 16.1. The second-order valence-electron chi connectivity index (χ2n) is 9.62. The summed E-state index contributed by atoms with van der Waals surface area (Å²) in [5.74, 6) is -1.64. The SMILES string of the molecule is C/C(NCCCCCCCCN/C=C(\C#N)C(=O)NC(=O)Nc1cccc(Cl)c1)=C(\C#N)C(=O)NC(=O)Nc1cccc(Cl)c1. The van der Waals surface area contributed by atoms with E-state index >= 15 is 0 Å². The van der Waals surface area contributed by atoms with Crippen LogP contribution in [0.4, 0.5) is 21.0 Å². The van der Waals surface area contributed by atoms with Gasteiger partial charge in [0.25, 0.3) is 11.8 Å². The van der Waals surface area contributed by atoms with Crippen LogP contribution in [0.15, 0.2) is 71.6 Å². The van der Waals surface area contributed by atoms with E-state index in [0.717, 1.165) is 38.5 Å². The Morgan fingerprint density at radius 3 is 1.76 bits per heavy atom. The lowest BCUT2D eigenvalue weighted by Gasteiger charge is -2.10. The summed E-state index contributed by atoms with van der Waals surface area (Å²) in [6.45, 7) is 2.71. The fraction of sp³-hybridized carbons (Fsp3) is 0.290. The summed E-state index contributed by atoms with van der Waals surface area (Å²) in [6, 6.07) is 14.9. The van der Waals surface area contributed by atoms with Gasteiger partial charge >= 0.3 is 12.1 Å². The largest absolute Gasteiger partial charge is 0.390 e. The average Bonchev–Trinajstić information content (AvgIpc) is 2.98. The fourth-order valence-electron chi connectivity index (χ4n) is 3.84. The molecule has 0 aliphatic heterocycles. The highest BCUT2D eigenvalue weighted by Gasteiger charge is 2.16. The van der Waals surface area contributed by atoms with Crippen LogP contribution >= 0.6 is 23.2 Å². The van der Waals surface area contributed by atoms with Crippen molar-refractivity contribution in [1.82, 2.24) is 21.3 Å². The zero-order valence-electron chi connectivity index (χ0n) is 24.6. The number of nitriles is 2. The standard InChI is InChI=1S/C31H34Cl2N8O4/c1-21(27(19-35)29(43)41-31(45)39-26-13-9-11-24(33)17-26)37-15-7-5-3-2-4-6-14-36-20-22(18-34)28(42)40-30(44)38-25-12-8-10-23(32)16-25/h8-13,16-17,20,36-37H,2-7,14-15H2,1H3,(H2,38,40,42,44)(H2,39,41,43,45)/b22-20+,27-21-. The van der Waals surface area contributed by atoms with E-state index in [4.69, 9.17) is 23.2 Å². The molecule has 0 fully saturated rings. The summed E-state index contributed by atoms with van der Waals surface area (Å²) in [4.78, 5) is 48.7. The maximum atomic E-state index is 12.4. The van der Waals surface area contributed by atoms with Crippen LogP contribution in [0, 0.1) is 22.7 Å². The van der Waals surface area contributed by atoms with Crippen molar-refractivity contribution in [2.45, 2.75) is 45.4 Å². The third-order valence-electron chi connectivity index (χ3n) is 6.08. The number of anilines is 2. The number of carbonyl (C=O) groups is 4. The molecule has 2 aromatic carbocycles. The second-order valence-corrected chi connectivity index (χ2v) is 10.5. The van der Waals surface area contributed by atoms with Gasteiger partial charge in [0.2, 0.25) is 0 Å². The fourth-order valence-corrected chi connectivity index (χ4v) is 4.22. The molecule has 45 heavy (non-hydrogen) atoms. The van der Waals surface area contributed by atoms with E-state index in [1.807, 2.05) is 6.07 Å². The van der Waals surface area contributed by atoms with Crippen LogP contribution in [0.1, 0.15) is 45.4 Å². The number of rotatable bonds is 15. The lowest BCUT2D eigenvalue weighted by molar-refractivity contribution is -0.116. The number of halogens is 2. The van der Waals surface area contributed by atoms with Crippen molar-refractivity contribution in [1.29, 1.82) is 10.5 Å². The maximum Gasteiger partial charge on any atom is 0.326 e. The van der Waals surface area contributed by atoms with Gasteiger partial charge in [0.1, 0.15) is 23.3 Å². The minimum absolute atomic E-state index is 0.185. The molecular weight excluding hydrogens is 619 g/mol. The molecule has 0 atom stereocenters. The van der Waals surface area contributed by atoms with Crippen LogP contribution in [-0.2, 0) is 9.59 Å². The Labute approximate surface area is 271 Å². The molecule has 0 aliphatic rings. The van der Waals surface area contributed by atoms with E-state index < -0.39 is 23.9 Å². The van der Waals surface area contributed by atoms with Gasteiger partial charge in [-0.15, -0.1) is 0 Å². The summed E-state index contributed by atoms with van der Waals surface area (Å²) in [5, 5.41) is 34.7. The van der Waals surface area contributed by atoms with Crippen LogP contribution in [0.2, 0.25) is 10.0 Å². The zero-order valence-corrected chi connectivity index (χ0v) is 26.1. The molecule has 0 unspecified atom stereocenters. The van der Waals surface area contributed by atoms with Gasteiger partial charge in [0.05, 0.1) is 0 Å². The van der Waals surface area contributed by atoms with Gasteiger partial charge in [-0.25, -0.2) is 9.59 Å². The molecule has 6 amide bonds. The predicted octanol–water partition coefficient (Wildman–Crippen LogP) is 5.71. The van der Waals surface area contributed by atoms with E-state index in [-0.39, 0.29) is 11.1 Å². The van der Waals surface area contributed by atoms with Gasteiger partial charge < -0.3 is 21.3 Å². The Morgan fingerprint density at radius 2 is 1.24 bits per heavy atom. The molecular formula is C31H34Cl2N8O4. The van der Waals surface area contributed by atoms with Crippen LogP contribution in [-0.4, -0.2) is 37.0 Å². The quantitative estimate of drug-likeness (QED) is 0.0800. The molecule has 0 bridgehead atoms. The van der Waals surface area contributed by atoms with Crippen LogP contribution in [0.25, 0.3) is 0 Å². The maximum absolute atomic E-state index is 12.4. The summed E-state index contributed by atoms with van der Waals surface area (Å²) in [7, 11) is 0. The van der Waals surface area contributed by atoms with E-state index in [1.165, 1.54) is 18.3 Å². The normalized spacial score (nSPS) is 11.2. The zero-order chi connectivity index (χ0) is 33.0. The second kappa shape index (κ2) is 20.0. The molecule has 0 heterocycles. The molecule has 6 N–H and O–H groups in total. The summed E-state index contributed by atoms with van der Waals surface area (Å²) >= 11 is 11.7. The van der Waals surface area contributed by atoms with Gasteiger partial charge in [-0.2, -0.15) is 10.5 Å². The molecule has 0 aromatic heterocycles. The first-order valence-electron chi connectivity index (χ1n) is 14.1. The van der Waals surface area contributed by atoms with Gasteiger partial charge in [-0.05, 0) is 56.2 Å². The smallest absolute Gasteiger partial charge is 0.326 e. The first kappa shape index (κ1) is 36.2. The lowest BCUT2D eigenvalue weighted by atomic mass is 10.1. The number of unbranched alkanes of at least 4 members (excludes halogenated alkanes) is 5. The van der Waals surface area contributed by atoms with Crippen molar-refractivity contribution >= 4 is 58.5 Å². The highest BCUT2D eigenvalue weighted by molar-refractivity contribution is 6.31. The number of benzene rings is 2. The third kappa shape index (κ3) is 14.3. The number of hydrogen-bond acceptors (Lipinski definition) is 8. The van der Waals surface area contributed by atoms with Crippen molar-refractivity contribution in [2.75, 3.05) is 23.7 Å². The van der Waals surface area contributed by atoms with Crippen LogP contribution in [0.3, 0.4) is 0 Å². The molecule has 236 valence electrons. The van der Waals surface area contributed by atoms with Crippen molar-refractivity contribution in [2.24, 2.45) is 0 Å². The Morgan fingerprint density at radius 1 is 0.733 bits per heavy atom. The molecule has 14 heteroatoms. The van der Waals surface area contributed by atoms with Gasteiger partial charge in [-0.3, -0.25) is 20.2 Å². The predicted molar refractivity (Wildman–Crippen MR) is 173 cm³/mol. The molecule has 2 aromatic rings. The molecule has 12 nitrogen and oxygen atoms in total.